The van der Waals surface area contributed by atoms with E-state index in [0.717, 1.165) is 17.6 Å². The van der Waals surface area contributed by atoms with E-state index >= 15 is 0 Å². The number of rotatable bonds is 15. The standard InChI is InChI=1S/C36H64O6Si/c1-23(31-27(5)32(25(3)21-37)41-36(11,12)40-31)20-24(2)33(42-43(13,14)35(8,9)10)28(6)34(26(4)29(7)38)39-22-30-18-16-15-17-19-30/h15-19,23,25-29,31-34,37-38H,2,20-22H2,1,3-14H3/t23-,25-,26-,27+,28-,29+,31-,32+,33+,34-/m0/s1. The molecule has 1 heterocycles. The summed E-state index contributed by atoms with van der Waals surface area (Å²) >= 11 is 0. The molecule has 248 valence electrons. The van der Waals surface area contributed by atoms with E-state index in [9.17, 15) is 10.2 Å². The topological polar surface area (TPSA) is 77.4 Å². The van der Waals surface area contributed by atoms with E-state index in [0.29, 0.717) is 6.61 Å². The molecule has 0 aliphatic carbocycles. The minimum absolute atomic E-state index is 0.00949. The Morgan fingerprint density at radius 1 is 0.977 bits per heavy atom. The fourth-order valence-corrected chi connectivity index (χ4v) is 7.53. The van der Waals surface area contributed by atoms with Gasteiger partial charge in [-0.05, 0) is 62.4 Å². The molecule has 0 radical (unpaired) electrons. The average molecular weight is 621 g/mol. The van der Waals surface area contributed by atoms with Gasteiger partial charge in [-0.1, -0.05) is 92.3 Å². The molecule has 1 fully saturated rings. The summed E-state index contributed by atoms with van der Waals surface area (Å²) in [7, 11) is -2.20. The Balaban J connectivity index is 2.41. The van der Waals surface area contributed by atoms with Gasteiger partial charge in [0.25, 0.3) is 0 Å². The fraction of sp³-hybridized carbons (Fsp3) is 0.778. The van der Waals surface area contributed by atoms with Gasteiger partial charge in [0, 0.05) is 30.3 Å². The molecule has 10 atom stereocenters. The lowest BCUT2D eigenvalue weighted by Crippen LogP contribution is -2.54. The number of aliphatic hydroxyl groups excluding tert-OH is 2. The third-order valence-corrected chi connectivity index (χ3v) is 14.5. The first-order valence-corrected chi connectivity index (χ1v) is 19.3. The van der Waals surface area contributed by atoms with Crippen LogP contribution in [0.4, 0.5) is 0 Å². The van der Waals surface area contributed by atoms with E-state index in [4.69, 9.17) is 18.6 Å². The molecule has 1 saturated heterocycles. The normalized spacial score (nSPS) is 26.2. The van der Waals surface area contributed by atoms with Crippen LogP contribution in [0.2, 0.25) is 18.1 Å². The zero-order chi connectivity index (χ0) is 32.9. The highest BCUT2D eigenvalue weighted by atomic mass is 28.4. The van der Waals surface area contributed by atoms with Gasteiger partial charge in [0.05, 0.1) is 37.1 Å². The summed E-state index contributed by atoms with van der Waals surface area (Å²) in [5.41, 5.74) is 2.13. The quantitative estimate of drug-likeness (QED) is 0.153. The lowest BCUT2D eigenvalue weighted by molar-refractivity contribution is -0.335. The molecular formula is C36H64O6Si. The summed E-state index contributed by atoms with van der Waals surface area (Å²) in [5, 5.41) is 20.7. The summed E-state index contributed by atoms with van der Waals surface area (Å²) in [4.78, 5) is 0. The van der Waals surface area contributed by atoms with E-state index in [-0.39, 0.29) is 65.7 Å². The van der Waals surface area contributed by atoms with Crippen LogP contribution >= 0.6 is 0 Å². The Bertz CT molecular complexity index is 987. The first kappa shape index (κ1) is 38.1. The van der Waals surface area contributed by atoms with Gasteiger partial charge >= 0.3 is 0 Å². The van der Waals surface area contributed by atoms with Gasteiger partial charge in [-0.2, -0.15) is 0 Å². The van der Waals surface area contributed by atoms with Crippen LogP contribution in [0.5, 0.6) is 0 Å². The van der Waals surface area contributed by atoms with Crippen molar-refractivity contribution in [2.75, 3.05) is 6.61 Å². The third kappa shape index (κ3) is 10.2. The van der Waals surface area contributed by atoms with Crippen molar-refractivity contribution in [1.29, 1.82) is 0 Å². The maximum absolute atomic E-state index is 10.7. The molecule has 0 amide bonds. The number of ether oxygens (including phenoxy) is 3. The smallest absolute Gasteiger partial charge is 0.192 e. The van der Waals surface area contributed by atoms with E-state index in [1.54, 1.807) is 0 Å². The predicted octanol–water partition coefficient (Wildman–Crippen LogP) is 7.98. The molecule has 1 aliphatic heterocycles. The van der Waals surface area contributed by atoms with E-state index < -0.39 is 20.2 Å². The molecule has 2 rings (SSSR count). The zero-order valence-electron chi connectivity index (χ0n) is 29.5. The Labute approximate surface area is 264 Å². The summed E-state index contributed by atoms with van der Waals surface area (Å²) in [6.45, 7) is 33.0. The second kappa shape index (κ2) is 15.5. The molecule has 1 aromatic rings. The van der Waals surface area contributed by atoms with Crippen LogP contribution in [0.1, 0.15) is 88.1 Å². The molecule has 0 aromatic heterocycles. The van der Waals surface area contributed by atoms with Gasteiger partial charge in [-0.25, -0.2) is 0 Å². The molecule has 43 heavy (non-hydrogen) atoms. The average Bonchev–Trinajstić information content (AvgIpc) is 2.91. The van der Waals surface area contributed by atoms with Crippen molar-refractivity contribution in [2.45, 2.75) is 144 Å². The van der Waals surface area contributed by atoms with Gasteiger partial charge in [-0.15, -0.1) is 0 Å². The monoisotopic (exact) mass is 620 g/mol. The molecule has 1 aromatic carbocycles. The van der Waals surface area contributed by atoms with Crippen molar-refractivity contribution in [1.82, 2.24) is 0 Å². The number of aliphatic hydroxyl groups is 2. The molecule has 0 spiro atoms. The van der Waals surface area contributed by atoms with Crippen LogP contribution in [0.25, 0.3) is 0 Å². The highest BCUT2D eigenvalue weighted by Crippen LogP contribution is 2.43. The van der Waals surface area contributed by atoms with Crippen molar-refractivity contribution in [3.63, 3.8) is 0 Å². The Kier molecular flexibility index (Phi) is 13.7. The van der Waals surface area contributed by atoms with Gasteiger partial charge in [0.1, 0.15) is 0 Å². The van der Waals surface area contributed by atoms with Crippen LogP contribution in [0, 0.1) is 29.6 Å². The largest absolute Gasteiger partial charge is 0.410 e. The summed E-state index contributed by atoms with van der Waals surface area (Å²) in [6.07, 6.45) is -0.466. The van der Waals surface area contributed by atoms with Crippen molar-refractivity contribution < 1.29 is 28.8 Å². The van der Waals surface area contributed by atoms with Gasteiger partial charge < -0.3 is 28.8 Å². The van der Waals surface area contributed by atoms with Crippen molar-refractivity contribution in [3.05, 3.63) is 48.0 Å². The first-order valence-electron chi connectivity index (χ1n) is 16.4. The fourth-order valence-electron chi connectivity index (χ4n) is 6.16. The van der Waals surface area contributed by atoms with E-state index in [1.807, 2.05) is 45.9 Å². The Morgan fingerprint density at radius 3 is 2.00 bits per heavy atom. The molecule has 6 nitrogen and oxygen atoms in total. The molecular weight excluding hydrogens is 556 g/mol. The van der Waals surface area contributed by atoms with E-state index in [1.165, 1.54) is 0 Å². The van der Waals surface area contributed by atoms with Crippen molar-refractivity contribution in [2.24, 2.45) is 29.6 Å². The summed E-state index contributed by atoms with van der Waals surface area (Å²) in [6, 6.07) is 10.2. The second-order valence-electron chi connectivity index (χ2n) is 15.4. The van der Waals surface area contributed by atoms with Gasteiger partial charge in [0.15, 0.2) is 14.1 Å². The van der Waals surface area contributed by atoms with Crippen LogP contribution < -0.4 is 0 Å². The number of benzene rings is 1. The first-order chi connectivity index (χ1) is 19.7. The maximum Gasteiger partial charge on any atom is 0.192 e. The third-order valence-electron chi connectivity index (χ3n) is 10.1. The van der Waals surface area contributed by atoms with Crippen LogP contribution in [0.3, 0.4) is 0 Å². The minimum atomic E-state index is -2.20. The Hall–Kier alpha value is -1.06. The number of hydrogen-bond acceptors (Lipinski definition) is 6. The van der Waals surface area contributed by atoms with Crippen molar-refractivity contribution in [3.8, 4) is 0 Å². The molecule has 7 heteroatoms. The highest BCUT2D eigenvalue weighted by molar-refractivity contribution is 6.74. The molecule has 0 saturated carbocycles. The van der Waals surface area contributed by atoms with Crippen molar-refractivity contribution >= 4 is 8.32 Å². The zero-order valence-corrected chi connectivity index (χ0v) is 30.5. The SMILES string of the molecule is C=C(C[C@H](C)[C@@H]1OC(C)(C)O[C@H]([C@@H](C)CO)[C@@H]1C)[C@@H](O[Si](C)(C)C(C)(C)C)[C@H](C)[C@@H](OCc1ccccc1)[C@@H](C)[C@@H](C)O. The molecule has 2 N–H and O–H groups in total. The van der Waals surface area contributed by atoms with Gasteiger partial charge in [-0.3, -0.25) is 0 Å². The maximum atomic E-state index is 10.7. The van der Waals surface area contributed by atoms with Crippen LogP contribution in [-0.2, 0) is 25.2 Å². The minimum Gasteiger partial charge on any atom is -0.410 e. The predicted molar refractivity (Wildman–Crippen MR) is 179 cm³/mol. The summed E-state index contributed by atoms with van der Waals surface area (Å²) in [5.74, 6) is -0.630. The lowest BCUT2D eigenvalue weighted by Gasteiger charge is -2.49. The lowest BCUT2D eigenvalue weighted by atomic mass is 9.78. The highest BCUT2D eigenvalue weighted by Gasteiger charge is 2.47. The van der Waals surface area contributed by atoms with Gasteiger partial charge in [0.2, 0.25) is 0 Å². The molecule has 0 unspecified atom stereocenters. The molecule has 0 bridgehead atoms. The van der Waals surface area contributed by atoms with Crippen LogP contribution in [-0.4, -0.2) is 61.4 Å². The number of hydrogen-bond donors (Lipinski definition) is 2. The Morgan fingerprint density at radius 2 is 1.51 bits per heavy atom. The molecule has 1 aliphatic rings. The second-order valence-corrected chi connectivity index (χ2v) is 20.2. The summed E-state index contributed by atoms with van der Waals surface area (Å²) < 4.78 is 26.7. The van der Waals surface area contributed by atoms with E-state index in [2.05, 4.69) is 80.3 Å². The van der Waals surface area contributed by atoms with Crippen LogP contribution in [0.15, 0.2) is 42.5 Å².